The van der Waals surface area contributed by atoms with Crippen molar-refractivity contribution in [2.75, 3.05) is 19.0 Å². The summed E-state index contributed by atoms with van der Waals surface area (Å²) in [4.78, 5) is 22.5. The third kappa shape index (κ3) is 2.30. The molecule has 0 bridgehead atoms. The van der Waals surface area contributed by atoms with Gasteiger partial charge in [-0.1, -0.05) is 0 Å². The van der Waals surface area contributed by atoms with Crippen LogP contribution in [-0.2, 0) is 9.53 Å². The van der Waals surface area contributed by atoms with Crippen LogP contribution in [0.4, 0.5) is 5.69 Å². The van der Waals surface area contributed by atoms with Gasteiger partial charge in [0.05, 0.1) is 19.3 Å². The van der Waals surface area contributed by atoms with Gasteiger partial charge in [-0.3, -0.25) is 4.79 Å². The number of ether oxygens (including phenoxy) is 1. The number of carbonyl (C=O) groups is 2. The standard InChI is InChI=1S/C8H10N2O3S/c1-13-8(12)7-5(2-3-14-7)10-6(11)4-9/h2-3H,4,9H2,1H3,(H,10,11). The fourth-order valence-electron chi connectivity index (χ4n) is 0.860. The van der Waals surface area contributed by atoms with E-state index in [4.69, 9.17) is 5.73 Å². The number of anilines is 1. The minimum atomic E-state index is -0.465. The molecule has 14 heavy (non-hydrogen) atoms. The van der Waals surface area contributed by atoms with Crippen LogP contribution in [0.5, 0.6) is 0 Å². The summed E-state index contributed by atoms with van der Waals surface area (Å²) in [5.41, 5.74) is 5.56. The summed E-state index contributed by atoms with van der Waals surface area (Å²) in [5, 5.41) is 4.19. The first-order valence-electron chi connectivity index (χ1n) is 3.84. The molecule has 0 aromatic carbocycles. The van der Waals surface area contributed by atoms with E-state index in [0.717, 1.165) is 0 Å². The second kappa shape index (κ2) is 4.73. The predicted octanol–water partition coefficient (Wildman–Crippen LogP) is 0.432. The Hall–Kier alpha value is -1.40. The van der Waals surface area contributed by atoms with Crippen LogP contribution in [0.3, 0.4) is 0 Å². The zero-order valence-corrected chi connectivity index (χ0v) is 8.39. The van der Waals surface area contributed by atoms with Gasteiger partial charge in [0.1, 0.15) is 4.88 Å². The van der Waals surface area contributed by atoms with Crippen molar-refractivity contribution in [3.63, 3.8) is 0 Å². The maximum absolute atomic E-state index is 11.2. The van der Waals surface area contributed by atoms with Crippen LogP contribution < -0.4 is 11.1 Å². The summed E-state index contributed by atoms with van der Waals surface area (Å²) in [6.45, 7) is -0.115. The molecule has 6 heteroatoms. The van der Waals surface area contributed by atoms with Gasteiger partial charge >= 0.3 is 5.97 Å². The van der Waals surface area contributed by atoms with Gasteiger partial charge in [0, 0.05) is 0 Å². The van der Waals surface area contributed by atoms with Gasteiger partial charge in [-0.05, 0) is 11.4 Å². The molecule has 0 saturated carbocycles. The molecule has 0 aliphatic heterocycles. The Balaban J connectivity index is 2.82. The molecule has 3 N–H and O–H groups in total. The molecule has 1 rings (SSSR count). The topological polar surface area (TPSA) is 81.4 Å². The molecule has 1 amide bonds. The van der Waals surface area contributed by atoms with Crippen LogP contribution in [0.15, 0.2) is 11.4 Å². The van der Waals surface area contributed by atoms with Crippen LogP contribution in [0.25, 0.3) is 0 Å². The van der Waals surface area contributed by atoms with Crippen molar-refractivity contribution in [2.24, 2.45) is 5.73 Å². The van der Waals surface area contributed by atoms with E-state index in [9.17, 15) is 9.59 Å². The molecular weight excluding hydrogens is 204 g/mol. The van der Waals surface area contributed by atoms with E-state index in [2.05, 4.69) is 10.1 Å². The lowest BCUT2D eigenvalue weighted by molar-refractivity contribution is -0.114. The molecule has 0 atom stereocenters. The summed E-state index contributed by atoms with van der Waals surface area (Å²) >= 11 is 1.20. The molecule has 5 nitrogen and oxygen atoms in total. The number of hydrogen-bond donors (Lipinski definition) is 2. The molecule has 1 aromatic heterocycles. The lowest BCUT2D eigenvalue weighted by atomic mass is 10.4. The van der Waals surface area contributed by atoms with Crippen LogP contribution in [0, 0.1) is 0 Å². The van der Waals surface area contributed by atoms with E-state index in [1.165, 1.54) is 18.4 Å². The molecule has 0 unspecified atom stereocenters. The smallest absolute Gasteiger partial charge is 0.350 e. The summed E-state index contributed by atoms with van der Waals surface area (Å²) in [6.07, 6.45) is 0. The molecule has 76 valence electrons. The molecular formula is C8H10N2O3S. The molecule has 0 aliphatic carbocycles. The van der Waals surface area contributed by atoms with E-state index in [1.54, 1.807) is 11.4 Å². The van der Waals surface area contributed by atoms with Gasteiger partial charge in [-0.25, -0.2) is 4.79 Å². The number of thiophene rings is 1. The van der Waals surface area contributed by atoms with Crippen molar-refractivity contribution in [3.8, 4) is 0 Å². The van der Waals surface area contributed by atoms with Gasteiger partial charge in [0.25, 0.3) is 0 Å². The number of nitrogens with two attached hydrogens (primary N) is 1. The summed E-state index contributed by atoms with van der Waals surface area (Å²) in [5.74, 6) is -0.805. The Bertz CT molecular complexity index is 348. The number of esters is 1. The third-order valence-electron chi connectivity index (χ3n) is 1.50. The van der Waals surface area contributed by atoms with Gasteiger partial charge in [-0.15, -0.1) is 11.3 Å². The number of nitrogens with one attached hydrogen (secondary N) is 1. The number of hydrogen-bond acceptors (Lipinski definition) is 5. The average Bonchev–Trinajstić information content (AvgIpc) is 2.64. The fourth-order valence-corrected chi connectivity index (χ4v) is 1.63. The van der Waals surface area contributed by atoms with Gasteiger partial charge in [-0.2, -0.15) is 0 Å². The highest BCUT2D eigenvalue weighted by atomic mass is 32.1. The first-order valence-corrected chi connectivity index (χ1v) is 4.72. The monoisotopic (exact) mass is 214 g/mol. The van der Waals surface area contributed by atoms with E-state index in [-0.39, 0.29) is 12.5 Å². The molecule has 0 saturated heterocycles. The number of carbonyl (C=O) groups excluding carboxylic acids is 2. The summed E-state index contributed by atoms with van der Waals surface area (Å²) in [7, 11) is 1.29. The van der Waals surface area contributed by atoms with Crippen LogP contribution in [0.2, 0.25) is 0 Å². The van der Waals surface area contributed by atoms with Crippen molar-refractivity contribution in [1.82, 2.24) is 0 Å². The maximum atomic E-state index is 11.2. The zero-order valence-electron chi connectivity index (χ0n) is 7.57. The van der Waals surface area contributed by atoms with Crippen molar-refractivity contribution in [3.05, 3.63) is 16.3 Å². The SMILES string of the molecule is COC(=O)c1sccc1NC(=O)CN. The second-order valence-corrected chi connectivity index (χ2v) is 3.32. The Labute approximate surface area is 84.9 Å². The van der Waals surface area contributed by atoms with Crippen molar-refractivity contribution in [1.29, 1.82) is 0 Å². The second-order valence-electron chi connectivity index (χ2n) is 2.41. The minimum absolute atomic E-state index is 0.115. The van der Waals surface area contributed by atoms with Crippen LogP contribution in [-0.4, -0.2) is 25.5 Å². The number of amides is 1. The first-order chi connectivity index (χ1) is 6.69. The fraction of sp³-hybridized carbons (Fsp3) is 0.250. The zero-order chi connectivity index (χ0) is 10.6. The quantitative estimate of drug-likeness (QED) is 0.715. The van der Waals surface area contributed by atoms with Crippen molar-refractivity contribution >= 4 is 28.9 Å². The van der Waals surface area contributed by atoms with Crippen LogP contribution >= 0.6 is 11.3 Å². The third-order valence-corrected chi connectivity index (χ3v) is 2.39. The van der Waals surface area contributed by atoms with Gasteiger partial charge < -0.3 is 15.8 Å². The van der Waals surface area contributed by atoms with E-state index < -0.39 is 5.97 Å². The summed E-state index contributed by atoms with van der Waals surface area (Å²) < 4.78 is 4.54. The minimum Gasteiger partial charge on any atom is -0.465 e. The number of methoxy groups -OCH3 is 1. The highest BCUT2D eigenvalue weighted by Crippen LogP contribution is 2.22. The predicted molar refractivity (Wildman–Crippen MR) is 53.3 cm³/mol. The highest BCUT2D eigenvalue weighted by molar-refractivity contribution is 7.12. The normalized spacial score (nSPS) is 9.57. The Kier molecular flexibility index (Phi) is 3.61. The average molecular weight is 214 g/mol. The maximum Gasteiger partial charge on any atom is 0.350 e. The molecule has 1 heterocycles. The molecule has 1 aromatic rings. The largest absolute Gasteiger partial charge is 0.465 e. The van der Waals surface area contributed by atoms with E-state index in [0.29, 0.717) is 10.6 Å². The van der Waals surface area contributed by atoms with Crippen molar-refractivity contribution < 1.29 is 14.3 Å². The Morgan fingerprint density at radius 2 is 2.36 bits per heavy atom. The van der Waals surface area contributed by atoms with Gasteiger partial charge in [0.2, 0.25) is 5.91 Å². The number of rotatable bonds is 3. The Morgan fingerprint density at radius 3 is 2.93 bits per heavy atom. The van der Waals surface area contributed by atoms with Crippen molar-refractivity contribution in [2.45, 2.75) is 0 Å². The molecule has 0 spiro atoms. The van der Waals surface area contributed by atoms with Gasteiger partial charge in [0.15, 0.2) is 0 Å². The lowest BCUT2D eigenvalue weighted by Gasteiger charge is -2.02. The first kappa shape index (κ1) is 10.7. The Morgan fingerprint density at radius 1 is 1.64 bits per heavy atom. The highest BCUT2D eigenvalue weighted by Gasteiger charge is 2.14. The van der Waals surface area contributed by atoms with E-state index in [1.807, 2.05) is 0 Å². The molecule has 0 fully saturated rings. The molecule has 0 radical (unpaired) electrons. The molecule has 0 aliphatic rings. The van der Waals surface area contributed by atoms with E-state index >= 15 is 0 Å². The van der Waals surface area contributed by atoms with Crippen LogP contribution in [0.1, 0.15) is 9.67 Å². The lowest BCUT2D eigenvalue weighted by Crippen LogP contribution is -2.22. The summed E-state index contributed by atoms with van der Waals surface area (Å²) in [6, 6.07) is 1.63.